The third kappa shape index (κ3) is 2.54. The molecule has 0 aromatic heterocycles. The minimum absolute atomic E-state index is 0.0922. The van der Waals surface area contributed by atoms with E-state index in [0.29, 0.717) is 5.69 Å². The van der Waals surface area contributed by atoms with Crippen molar-refractivity contribution >= 4 is 33.5 Å². The van der Waals surface area contributed by atoms with E-state index >= 15 is 0 Å². The number of amides is 1. The zero-order valence-electron chi connectivity index (χ0n) is 8.84. The number of benzene rings is 1. The van der Waals surface area contributed by atoms with Crippen molar-refractivity contribution in [2.75, 3.05) is 11.9 Å². The number of anilines is 1. The lowest BCUT2D eigenvalue weighted by molar-refractivity contribution is 0.554. The molecule has 0 aliphatic rings. The van der Waals surface area contributed by atoms with Crippen LogP contribution < -0.4 is 4.90 Å². The van der Waals surface area contributed by atoms with E-state index in [1.54, 1.807) is 18.5 Å². The van der Waals surface area contributed by atoms with Gasteiger partial charge in [-0.3, -0.25) is 4.79 Å². The van der Waals surface area contributed by atoms with Gasteiger partial charge in [0.05, 0.1) is 4.90 Å². The molecule has 0 N–H and O–H groups in total. The molecule has 0 aliphatic carbocycles. The summed E-state index contributed by atoms with van der Waals surface area (Å²) < 4.78 is 22.5. The molecule has 1 unspecified atom stereocenters. The van der Waals surface area contributed by atoms with Gasteiger partial charge in [-0.2, -0.15) is 0 Å². The Bertz CT molecular complexity index is 485. The highest BCUT2D eigenvalue weighted by atomic mass is 35.5. The fraction of sp³-hybridized carbons (Fsp3) is 0.300. The van der Waals surface area contributed by atoms with Crippen molar-refractivity contribution < 1.29 is 13.2 Å². The monoisotopic (exact) mass is 260 g/mol. The largest absolute Gasteiger partial charge is 0.316 e. The molecule has 1 rings (SSSR count). The molecular formula is C10H11ClNO3S. The zero-order chi connectivity index (χ0) is 12.3. The molecule has 1 aromatic rings. The summed E-state index contributed by atoms with van der Waals surface area (Å²) in [5.74, 6) is 0. The van der Waals surface area contributed by atoms with E-state index in [2.05, 4.69) is 0 Å². The lowest BCUT2D eigenvalue weighted by Gasteiger charge is -2.12. The van der Waals surface area contributed by atoms with Crippen molar-refractivity contribution in [3.8, 4) is 0 Å². The maximum absolute atomic E-state index is 11.7. The highest BCUT2D eigenvalue weighted by molar-refractivity contribution is 7.93. The van der Waals surface area contributed by atoms with Gasteiger partial charge in [-0.15, -0.1) is 11.6 Å². The topological polar surface area (TPSA) is 54.5 Å². The Balaban J connectivity index is 3.23. The Kier molecular flexibility index (Phi) is 3.93. The van der Waals surface area contributed by atoms with E-state index < -0.39 is 14.5 Å². The van der Waals surface area contributed by atoms with E-state index in [1.165, 1.54) is 26.1 Å². The standard InChI is InChI=1S/C10H11ClNO3S/c1-8(11)16(14,15)10-5-3-4-9(6-10)12(2)7-13/h3-6,8H,1-2H3. The van der Waals surface area contributed by atoms with Gasteiger partial charge in [-0.1, -0.05) is 6.07 Å². The van der Waals surface area contributed by atoms with E-state index in [1.807, 2.05) is 0 Å². The number of hydrogen-bond donors (Lipinski definition) is 0. The van der Waals surface area contributed by atoms with Crippen LogP contribution in [0.2, 0.25) is 0 Å². The molecule has 87 valence electrons. The molecule has 0 bridgehead atoms. The van der Waals surface area contributed by atoms with Gasteiger partial charge in [0, 0.05) is 12.7 Å². The molecule has 4 nitrogen and oxygen atoms in total. The quantitative estimate of drug-likeness (QED) is 0.610. The Morgan fingerprint density at radius 1 is 1.44 bits per heavy atom. The fourth-order valence-electron chi connectivity index (χ4n) is 1.11. The number of sulfone groups is 1. The summed E-state index contributed by atoms with van der Waals surface area (Å²) in [6, 6.07) is 5.99. The van der Waals surface area contributed by atoms with Crippen LogP contribution in [0.1, 0.15) is 6.92 Å². The highest BCUT2D eigenvalue weighted by Crippen LogP contribution is 2.22. The number of rotatable bonds is 4. The zero-order valence-corrected chi connectivity index (χ0v) is 10.4. The van der Waals surface area contributed by atoms with Gasteiger partial charge in [-0.05, 0) is 25.1 Å². The van der Waals surface area contributed by atoms with Crippen LogP contribution in [0, 0.1) is 0 Å². The van der Waals surface area contributed by atoms with Crippen LogP contribution in [0.3, 0.4) is 0 Å². The van der Waals surface area contributed by atoms with E-state index in [4.69, 9.17) is 11.6 Å². The molecule has 1 amide bonds. The first kappa shape index (κ1) is 13.0. The van der Waals surface area contributed by atoms with Crippen LogP contribution in [0.15, 0.2) is 29.2 Å². The second-order valence-corrected chi connectivity index (χ2v) is 6.42. The first-order chi connectivity index (χ1) is 7.39. The summed E-state index contributed by atoms with van der Waals surface area (Å²) in [7, 11) is -2.04. The summed E-state index contributed by atoms with van der Waals surface area (Å²) in [6.45, 7) is 1.39. The smallest absolute Gasteiger partial charge is 0.307 e. The number of hydrogen-bond acceptors (Lipinski definition) is 3. The molecule has 0 saturated carbocycles. The SMILES string of the molecule is CC(Cl)S(=O)(=O)c1cccc(N(C)[C]=O)c1. The molecule has 1 atom stereocenters. The third-order valence-electron chi connectivity index (χ3n) is 2.10. The van der Waals surface area contributed by atoms with Crippen LogP contribution in [0.25, 0.3) is 0 Å². The van der Waals surface area contributed by atoms with Gasteiger partial charge in [0.15, 0.2) is 9.84 Å². The maximum Gasteiger partial charge on any atom is 0.316 e. The number of halogens is 1. The average Bonchev–Trinajstić information content (AvgIpc) is 2.28. The van der Waals surface area contributed by atoms with Crippen LogP contribution in [-0.4, -0.2) is 26.6 Å². The minimum atomic E-state index is -3.53. The van der Waals surface area contributed by atoms with E-state index in [-0.39, 0.29) is 4.90 Å². The number of nitrogens with zero attached hydrogens (tertiary/aromatic N) is 1. The lowest BCUT2D eigenvalue weighted by atomic mass is 10.3. The predicted octanol–water partition coefficient (Wildman–Crippen LogP) is 1.55. The molecule has 0 aliphatic heterocycles. The van der Waals surface area contributed by atoms with Crippen molar-refractivity contribution in [1.29, 1.82) is 0 Å². The average molecular weight is 261 g/mol. The normalized spacial score (nSPS) is 13.2. The fourth-order valence-corrected chi connectivity index (χ4v) is 2.35. The third-order valence-corrected chi connectivity index (χ3v) is 4.57. The van der Waals surface area contributed by atoms with E-state index in [9.17, 15) is 13.2 Å². The van der Waals surface area contributed by atoms with Crippen LogP contribution in [-0.2, 0) is 14.6 Å². The Morgan fingerprint density at radius 2 is 2.06 bits per heavy atom. The summed E-state index contributed by atoms with van der Waals surface area (Å²) in [5.41, 5.74) is 0.452. The Labute approximate surface area is 99.7 Å². The van der Waals surface area contributed by atoms with Crippen LogP contribution in [0.4, 0.5) is 5.69 Å². The van der Waals surface area contributed by atoms with Gasteiger partial charge in [-0.25, -0.2) is 8.42 Å². The molecule has 0 saturated heterocycles. The molecule has 0 spiro atoms. The summed E-state index contributed by atoms with van der Waals surface area (Å²) in [6.07, 6.45) is 1.64. The minimum Gasteiger partial charge on any atom is -0.307 e. The van der Waals surface area contributed by atoms with Crippen molar-refractivity contribution in [2.45, 2.75) is 16.5 Å². The maximum atomic E-state index is 11.7. The van der Waals surface area contributed by atoms with Gasteiger partial charge in [0.1, 0.15) is 4.71 Å². The molecule has 16 heavy (non-hydrogen) atoms. The first-order valence-corrected chi connectivity index (χ1v) is 6.47. The summed E-state index contributed by atoms with van der Waals surface area (Å²) in [4.78, 5) is 11.7. The van der Waals surface area contributed by atoms with Crippen LogP contribution in [0.5, 0.6) is 0 Å². The predicted molar refractivity (Wildman–Crippen MR) is 63.0 cm³/mol. The summed E-state index contributed by atoms with van der Waals surface area (Å²) in [5, 5.41) is 0. The Hall–Kier alpha value is -1.07. The molecule has 1 radical (unpaired) electrons. The Morgan fingerprint density at radius 3 is 2.56 bits per heavy atom. The highest BCUT2D eigenvalue weighted by Gasteiger charge is 2.21. The second-order valence-electron chi connectivity index (χ2n) is 3.24. The van der Waals surface area contributed by atoms with Gasteiger partial charge < -0.3 is 4.90 Å². The molecule has 0 heterocycles. The molecule has 1 aromatic carbocycles. The molecule has 0 fully saturated rings. The van der Waals surface area contributed by atoms with Gasteiger partial charge in [0.25, 0.3) is 0 Å². The molecule has 6 heteroatoms. The van der Waals surface area contributed by atoms with Crippen LogP contribution >= 0.6 is 11.6 Å². The number of carbonyl (C=O) groups excluding carboxylic acids is 1. The lowest BCUT2D eigenvalue weighted by Crippen LogP contribution is -2.16. The van der Waals surface area contributed by atoms with Crippen molar-refractivity contribution in [3.63, 3.8) is 0 Å². The van der Waals surface area contributed by atoms with Crippen molar-refractivity contribution in [2.24, 2.45) is 0 Å². The first-order valence-electron chi connectivity index (χ1n) is 4.49. The second kappa shape index (κ2) is 4.84. The van der Waals surface area contributed by atoms with E-state index in [0.717, 1.165) is 4.90 Å². The number of alkyl halides is 1. The van der Waals surface area contributed by atoms with Gasteiger partial charge >= 0.3 is 6.41 Å². The summed E-state index contributed by atoms with van der Waals surface area (Å²) >= 11 is 5.59. The molecular weight excluding hydrogens is 250 g/mol. The van der Waals surface area contributed by atoms with Crippen molar-refractivity contribution in [3.05, 3.63) is 24.3 Å². The van der Waals surface area contributed by atoms with Crippen molar-refractivity contribution in [1.82, 2.24) is 0 Å². The van der Waals surface area contributed by atoms with Gasteiger partial charge in [0.2, 0.25) is 0 Å².